The maximum Gasteiger partial charge on any atom is 0.133 e. The van der Waals surface area contributed by atoms with Crippen LogP contribution in [0.4, 0.5) is 0 Å². The van der Waals surface area contributed by atoms with Crippen LogP contribution in [-0.2, 0) is 16.1 Å². The van der Waals surface area contributed by atoms with Gasteiger partial charge in [0.2, 0.25) is 0 Å². The molecule has 0 aliphatic heterocycles. The van der Waals surface area contributed by atoms with Crippen molar-refractivity contribution in [3.8, 4) is 0 Å². The van der Waals surface area contributed by atoms with Crippen molar-refractivity contribution in [1.82, 2.24) is 4.90 Å². The molecule has 1 rings (SSSR count). The van der Waals surface area contributed by atoms with E-state index in [0.29, 0.717) is 19.8 Å². The average molecular weight is 207 g/mol. The molecular weight excluding hydrogens is 190 g/mol. The smallest absolute Gasteiger partial charge is 0.133 e. The van der Waals surface area contributed by atoms with Gasteiger partial charge in [0.05, 0.1) is 19.8 Å². The summed E-state index contributed by atoms with van der Waals surface area (Å²) in [4.78, 5) is 12.1. The van der Waals surface area contributed by atoms with Crippen molar-refractivity contribution in [2.75, 3.05) is 26.7 Å². The molecule has 0 heterocycles. The van der Waals surface area contributed by atoms with Gasteiger partial charge in [0.25, 0.3) is 0 Å². The molecule has 0 fully saturated rings. The van der Waals surface area contributed by atoms with Crippen molar-refractivity contribution in [1.29, 1.82) is 0 Å². The van der Waals surface area contributed by atoms with Crippen LogP contribution >= 0.6 is 0 Å². The second-order valence-corrected chi connectivity index (χ2v) is 3.47. The monoisotopic (exact) mass is 207 g/mol. The fourth-order valence-corrected chi connectivity index (χ4v) is 1.20. The lowest BCUT2D eigenvalue weighted by Crippen LogP contribution is -2.24. The summed E-state index contributed by atoms with van der Waals surface area (Å²) in [5.41, 5.74) is 1.18. The summed E-state index contributed by atoms with van der Waals surface area (Å²) in [6.45, 7) is 2.54. The number of hydrogen-bond donors (Lipinski definition) is 0. The summed E-state index contributed by atoms with van der Waals surface area (Å²) < 4.78 is 5.48. The second kappa shape index (κ2) is 7.15. The lowest BCUT2D eigenvalue weighted by Gasteiger charge is -2.12. The zero-order valence-electron chi connectivity index (χ0n) is 9.06. The van der Waals surface area contributed by atoms with Crippen molar-refractivity contribution in [3.63, 3.8) is 0 Å². The van der Waals surface area contributed by atoms with Gasteiger partial charge in [-0.05, 0) is 12.6 Å². The first-order chi connectivity index (χ1) is 7.33. The van der Waals surface area contributed by atoms with Gasteiger partial charge in [-0.1, -0.05) is 30.3 Å². The Labute approximate surface area is 90.7 Å². The highest BCUT2D eigenvalue weighted by molar-refractivity contribution is 5.51. The molecule has 0 radical (unpaired) electrons. The molecule has 0 bridgehead atoms. The summed E-state index contributed by atoms with van der Waals surface area (Å²) in [6.07, 6.45) is 0.900. The van der Waals surface area contributed by atoms with Crippen LogP contribution in [0.5, 0.6) is 0 Å². The maximum atomic E-state index is 10.2. The number of aldehydes is 1. The standard InChI is InChI=1S/C12H17NO2/c1-13(7-9-14)8-10-15-11-12-5-3-2-4-6-12/h2-6,9H,7-8,10-11H2,1H3. The van der Waals surface area contributed by atoms with E-state index in [1.165, 1.54) is 5.56 Å². The molecule has 0 aliphatic rings. The Hall–Kier alpha value is -1.19. The van der Waals surface area contributed by atoms with Gasteiger partial charge in [0.15, 0.2) is 0 Å². The Bertz CT molecular complexity index is 274. The third kappa shape index (κ3) is 5.30. The minimum atomic E-state index is 0.467. The Morgan fingerprint density at radius 2 is 2.07 bits per heavy atom. The number of carbonyl (C=O) groups excluding carboxylic acids is 1. The quantitative estimate of drug-likeness (QED) is 0.499. The summed E-state index contributed by atoms with van der Waals surface area (Å²) >= 11 is 0. The van der Waals surface area contributed by atoms with Crippen molar-refractivity contribution in [2.24, 2.45) is 0 Å². The first-order valence-corrected chi connectivity index (χ1v) is 5.07. The molecule has 15 heavy (non-hydrogen) atoms. The number of rotatable bonds is 7. The van der Waals surface area contributed by atoms with E-state index in [4.69, 9.17) is 4.74 Å². The van der Waals surface area contributed by atoms with E-state index in [1.807, 2.05) is 42.3 Å². The van der Waals surface area contributed by atoms with Gasteiger partial charge >= 0.3 is 0 Å². The summed E-state index contributed by atoms with van der Waals surface area (Å²) in [7, 11) is 1.90. The van der Waals surface area contributed by atoms with Crippen LogP contribution in [0.25, 0.3) is 0 Å². The fourth-order valence-electron chi connectivity index (χ4n) is 1.20. The Kier molecular flexibility index (Phi) is 5.66. The highest BCUT2D eigenvalue weighted by Crippen LogP contribution is 1.99. The predicted octanol–water partition coefficient (Wildman–Crippen LogP) is 1.33. The number of benzene rings is 1. The van der Waals surface area contributed by atoms with Crippen LogP contribution in [0.3, 0.4) is 0 Å². The van der Waals surface area contributed by atoms with Crippen molar-refractivity contribution in [2.45, 2.75) is 6.61 Å². The number of ether oxygens (including phenoxy) is 1. The molecule has 1 aromatic carbocycles. The van der Waals surface area contributed by atoms with Crippen molar-refractivity contribution < 1.29 is 9.53 Å². The number of hydrogen-bond acceptors (Lipinski definition) is 3. The first-order valence-electron chi connectivity index (χ1n) is 5.07. The molecule has 0 amide bonds. The number of likely N-dealkylation sites (N-methyl/N-ethyl adjacent to an activating group) is 1. The first kappa shape index (κ1) is 11.9. The topological polar surface area (TPSA) is 29.5 Å². The molecule has 1 aromatic rings. The van der Waals surface area contributed by atoms with Gasteiger partial charge in [-0.15, -0.1) is 0 Å². The van der Waals surface area contributed by atoms with E-state index in [0.717, 1.165) is 12.8 Å². The summed E-state index contributed by atoms with van der Waals surface area (Å²) in [5.74, 6) is 0. The zero-order chi connectivity index (χ0) is 10.9. The highest BCUT2D eigenvalue weighted by atomic mass is 16.5. The lowest BCUT2D eigenvalue weighted by atomic mass is 10.2. The molecule has 3 nitrogen and oxygen atoms in total. The largest absolute Gasteiger partial charge is 0.375 e. The van der Waals surface area contributed by atoms with Crippen LogP contribution in [0, 0.1) is 0 Å². The van der Waals surface area contributed by atoms with Gasteiger partial charge in [-0.2, -0.15) is 0 Å². The van der Waals surface area contributed by atoms with Gasteiger partial charge in [-0.25, -0.2) is 0 Å². The van der Waals surface area contributed by atoms with Gasteiger partial charge in [0.1, 0.15) is 6.29 Å². The van der Waals surface area contributed by atoms with E-state index < -0.39 is 0 Å². The molecular formula is C12H17NO2. The Balaban J connectivity index is 2.09. The molecule has 0 unspecified atom stereocenters. The van der Waals surface area contributed by atoms with Crippen LogP contribution in [0.1, 0.15) is 5.56 Å². The predicted molar refractivity (Wildman–Crippen MR) is 59.7 cm³/mol. The van der Waals surface area contributed by atoms with E-state index in [9.17, 15) is 4.79 Å². The van der Waals surface area contributed by atoms with Crippen LogP contribution < -0.4 is 0 Å². The van der Waals surface area contributed by atoms with Gasteiger partial charge in [0, 0.05) is 6.54 Å². The van der Waals surface area contributed by atoms with E-state index in [2.05, 4.69) is 0 Å². The van der Waals surface area contributed by atoms with E-state index in [-0.39, 0.29) is 0 Å². The van der Waals surface area contributed by atoms with Gasteiger partial charge in [-0.3, -0.25) is 4.90 Å². The minimum Gasteiger partial charge on any atom is -0.375 e. The third-order valence-electron chi connectivity index (χ3n) is 2.12. The molecule has 3 heteroatoms. The SMILES string of the molecule is CN(CC=O)CCOCc1ccccc1. The average Bonchev–Trinajstić information content (AvgIpc) is 2.26. The van der Waals surface area contributed by atoms with Crippen LogP contribution in [0.15, 0.2) is 30.3 Å². The third-order valence-corrected chi connectivity index (χ3v) is 2.12. The fraction of sp³-hybridized carbons (Fsp3) is 0.417. The summed E-state index contributed by atoms with van der Waals surface area (Å²) in [6, 6.07) is 10.1. The number of carbonyl (C=O) groups is 1. The summed E-state index contributed by atoms with van der Waals surface area (Å²) in [5, 5.41) is 0. The van der Waals surface area contributed by atoms with Crippen LogP contribution in [-0.4, -0.2) is 37.9 Å². The van der Waals surface area contributed by atoms with E-state index >= 15 is 0 Å². The molecule has 82 valence electrons. The molecule has 0 atom stereocenters. The van der Waals surface area contributed by atoms with E-state index in [1.54, 1.807) is 0 Å². The Morgan fingerprint density at radius 3 is 2.73 bits per heavy atom. The van der Waals surface area contributed by atoms with Crippen molar-refractivity contribution in [3.05, 3.63) is 35.9 Å². The normalized spacial score (nSPS) is 10.5. The Morgan fingerprint density at radius 1 is 1.33 bits per heavy atom. The maximum absolute atomic E-state index is 10.2. The van der Waals surface area contributed by atoms with Gasteiger partial charge < -0.3 is 9.53 Å². The minimum absolute atomic E-state index is 0.467. The molecule has 0 N–H and O–H groups in total. The second-order valence-electron chi connectivity index (χ2n) is 3.47. The van der Waals surface area contributed by atoms with Crippen molar-refractivity contribution >= 4 is 6.29 Å². The molecule has 0 aliphatic carbocycles. The molecule has 0 saturated carbocycles. The zero-order valence-corrected chi connectivity index (χ0v) is 9.06. The molecule has 0 aromatic heterocycles. The lowest BCUT2D eigenvalue weighted by molar-refractivity contribution is -0.108. The highest BCUT2D eigenvalue weighted by Gasteiger charge is 1.96. The number of nitrogens with zero attached hydrogens (tertiary/aromatic N) is 1. The molecule has 0 saturated heterocycles. The van der Waals surface area contributed by atoms with Crippen LogP contribution in [0.2, 0.25) is 0 Å². The molecule has 0 spiro atoms.